The third kappa shape index (κ3) is 1.89. The Morgan fingerprint density at radius 1 is 1.50 bits per heavy atom. The van der Waals surface area contributed by atoms with E-state index in [1.807, 2.05) is 0 Å². The standard InChI is InChI=1S/C14H12FN3O2/c15-10-3-1-2-8-9(10)6-11(14(8)20)18-5-4-17-13(18)7-12(16)19/h1-5,11H,6-7H2,(H2,16,19). The maximum atomic E-state index is 13.7. The van der Waals surface area contributed by atoms with Crippen LogP contribution < -0.4 is 5.73 Å². The van der Waals surface area contributed by atoms with E-state index in [4.69, 9.17) is 5.73 Å². The van der Waals surface area contributed by atoms with Crippen LogP contribution in [-0.2, 0) is 17.6 Å². The maximum Gasteiger partial charge on any atom is 0.225 e. The summed E-state index contributed by atoms with van der Waals surface area (Å²) in [4.78, 5) is 27.4. The molecule has 1 heterocycles. The molecule has 20 heavy (non-hydrogen) atoms. The topological polar surface area (TPSA) is 78.0 Å². The number of fused-ring (bicyclic) bond motifs is 1. The van der Waals surface area contributed by atoms with Crippen molar-refractivity contribution in [3.05, 3.63) is 53.4 Å². The lowest BCUT2D eigenvalue weighted by Gasteiger charge is -2.13. The number of aromatic nitrogens is 2. The quantitative estimate of drug-likeness (QED) is 0.907. The van der Waals surface area contributed by atoms with Gasteiger partial charge in [-0.1, -0.05) is 12.1 Å². The molecule has 0 fully saturated rings. The number of Topliss-reactive ketones (excluding diaryl/α,β-unsaturated/α-hetero) is 1. The summed E-state index contributed by atoms with van der Waals surface area (Å²) < 4.78 is 15.3. The number of amides is 1. The lowest BCUT2D eigenvalue weighted by molar-refractivity contribution is -0.117. The zero-order chi connectivity index (χ0) is 14.3. The Morgan fingerprint density at radius 3 is 3.00 bits per heavy atom. The Balaban J connectivity index is 1.99. The van der Waals surface area contributed by atoms with E-state index in [2.05, 4.69) is 4.98 Å². The van der Waals surface area contributed by atoms with E-state index in [-0.39, 0.29) is 24.4 Å². The molecule has 0 bridgehead atoms. The molecule has 3 rings (SSSR count). The van der Waals surface area contributed by atoms with Gasteiger partial charge in [-0.05, 0) is 6.07 Å². The Morgan fingerprint density at radius 2 is 2.30 bits per heavy atom. The van der Waals surface area contributed by atoms with E-state index in [1.54, 1.807) is 16.8 Å². The molecule has 0 saturated heterocycles. The van der Waals surface area contributed by atoms with Gasteiger partial charge in [0.15, 0.2) is 5.78 Å². The Hall–Kier alpha value is -2.50. The minimum absolute atomic E-state index is 0.0460. The molecule has 1 aliphatic rings. The van der Waals surface area contributed by atoms with E-state index in [0.717, 1.165) is 0 Å². The molecule has 2 N–H and O–H groups in total. The summed E-state index contributed by atoms with van der Waals surface area (Å²) in [5, 5.41) is 0. The predicted molar refractivity (Wildman–Crippen MR) is 68.6 cm³/mol. The molecule has 0 radical (unpaired) electrons. The number of hydrogen-bond acceptors (Lipinski definition) is 3. The van der Waals surface area contributed by atoms with Crippen molar-refractivity contribution >= 4 is 11.7 Å². The fraction of sp³-hybridized carbons (Fsp3) is 0.214. The van der Waals surface area contributed by atoms with Gasteiger partial charge in [0.25, 0.3) is 0 Å². The first kappa shape index (κ1) is 12.5. The first-order valence-corrected chi connectivity index (χ1v) is 6.19. The van der Waals surface area contributed by atoms with E-state index in [9.17, 15) is 14.0 Å². The van der Waals surface area contributed by atoms with Crippen LogP contribution in [0.25, 0.3) is 0 Å². The minimum atomic E-state index is -0.557. The summed E-state index contributed by atoms with van der Waals surface area (Å²) in [6, 6.07) is 3.92. The number of imidazole rings is 1. The fourth-order valence-electron chi connectivity index (χ4n) is 2.61. The van der Waals surface area contributed by atoms with Crippen LogP contribution in [0.5, 0.6) is 0 Å². The minimum Gasteiger partial charge on any atom is -0.369 e. The SMILES string of the molecule is NC(=O)Cc1nccn1C1Cc2c(F)cccc2C1=O. The Labute approximate surface area is 114 Å². The summed E-state index contributed by atoms with van der Waals surface area (Å²) in [7, 11) is 0. The Bertz CT molecular complexity index is 708. The van der Waals surface area contributed by atoms with Gasteiger partial charge in [-0.3, -0.25) is 9.59 Å². The van der Waals surface area contributed by atoms with Crippen molar-refractivity contribution in [3.63, 3.8) is 0 Å². The lowest BCUT2D eigenvalue weighted by Crippen LogP contribution is -2.22. The second-order valence-electron chi connectivity index (χ2n) is 4.74. The number of rotatable bonds is 3. The summed E-state index contributed by atoms with van der Waals surface area (Å²) in [5.74, 6) is -0.645. The first-order chi connectivity index (χ1) is 9.58. The number of benzene rings is 1. The second kappa shape index (κ2) is 4.56. The summed E-state index contributed by atoms with van der Waals surface area (Å²) >= 11 is 0. The average Bonchev–Trinajstić information content (AvgIpc) is 2.95. The Kier molecular flexibility index (Phi) is 2.85. The number of nitrogens with zero attached hydrogens (tertiary/aromatic N) is 2. The highest BCUT2D eigenvalue weighted by atomic mass is 19.1. The van der Waals surface area contributed by atoms with Crippen molar-refractivity contribution in [1.82, 2.24) is 9.55 Å². The molecule has 1 aromatic heterocycles. The number of nitrogens with two attached hydrogens (primary N) is 1. The van der Waals surface area contributed by atoms with Crippen LogP contribution >= 0.6 is 0 Å². The van der Waals surface area contributed by atoms with Crippen molar-refractivity contribution < 1.29 is 14.0 Å². The van der Waals surface area contributed by atoms with Gasteiger partial charge in [0.05, 0.1) is 6.42 Å². The molecule has 1 atom stereocenters. The molecule has 0 saturated carbocycles. The number of ketones is 1. The van der Waals surface area contributed by atoms with Crippen molar-refractivity contribution in [3.8, 4) is 0 Å². The predicted octanol–water partition coefficient (Wildman–Crippen LogP) is 1.03. The molecule has 1 amide bonds. The lowest BCUT2D eigenvalue weighted by atomic mass is 10.1. The summed E-state index contributed by atoms with van der Waals surface area (Å²) in [6.07, 6.45) is 3.34. The largest absolute Gasteiger partial charge is 0.369 e. The van der Waals surface area contributed by atoms with Crippen LogP contribution in [0.4, 0.5) is 4.39 Å². The number of halogens is 1. The van der Waals surface area contributed by atoms with Gasteiger partial charge in [0, 0.05) is 29.9 Å². The summed E-state index contributed by atoms with van der Waals surface area (Å²) in [6.45, 7) is 0. The zero-order valence-electron chi connectivity index (χ0n) is 10.5. The molecule has 0 spiro atoms. The molecule has 1 aromatic carbocycles. The summed E-state index contributed by atoms with van der Waals surface area (Å²) in [5.41, 5.74) is 5.97. The van der Waals surface area contributed by atoms with E-state index in [1.165, 1.54) is 18.3 Å². The normalized spacial score (nSPS) is 17.2. The monoisotopic (exact) mass is 273 g/mol. The molecule has 2 aromatic rings. The zero-order valence-corrected chi connectivity index (χ0v) is 10.5. The number of carbonyl (C=O) groups excluding carboxylic acids is 2. The van der Waals surface area contributed by atoms with Crippen LogP contribution in [0.2, 0.25) is 0 Å². The van der Waals surface area contributed by atoms with Gasteiger partial charge in [-0.2, -0.15) is 0 Å². The average molecular weight is 273 g/mol. The maximum absolute atomic E-state index is 13.7. The van der Waals surface area contributed by atoms with Crippen LogP contribution in [0.3, 0.4) is 0 Å². The van der Waals surface area contributed by atoms with Gasteiger partial charge >= 0.3 is 0 Å². The third-order valence-electron chi connectivity index (χ3n) is 3.50. The molecule has 1 aliphatic carbocycles. The number of primary amides is 1. The number of hydrogen-bond donors (Lipinski definition) is 1. The van der Waals surface area contributed by atoms with Gasteiger partial charge < -0.3 is 10.3 Å². The number of carbonyl (C=O) groups is 2. The van der Waals surface area contributed by atoms with E-state index < -0.39 is 11.9 Å². The first-order valence-electron chi connectivity index (χ1n) is 6.19. The molecule has 0 aliphatic heterocycles. The van der Waals surface area contributed by atoms with Crippen molar-refractivity contribution in [2.45, 2.75) is 18.9 Å². The highest BCUT2D eigenvalue weighted by molar-refractivity contribution is 6.03. The van der Waals surface area contributed by atoms with Crippen LogP contribution in [-0.4, -0.2) is 21.2 Å². The van der Waals surface area contributed by atoms with Gasteiger partial charge in [0.2, 0.25) is 5.91 Å². The molecule has 5 nitrogen and oxygen atoms in total. The molecule has 102 valence electrons. The highest BCUT2D eigenvalue weighted by Gasteiger charge is 2.34. The smallest absolute Gasteiger partial charge is 0.225 e. The highest BCUT2D eigenvalue weighted by Crippen LogP contribution is 2.32. The third-order valence-corrected chi connectivity index (χ3v) is 3.50. The molecular formula is C14H12FN3O2. The van der Waals surface area contributed by atoms with Gasteiger partial charge in [-0.25, -0.2) is 9.37 Å². The van der Waals surface area contributed by atoms with Crippen LogP contribution in [0.15, 0.2) is 30.6 Å². The van der Waals surface area contributed by atoms with Crippen LogP contribution in [0.1, 0.15) is 27.8 Å². The van der Waals surface area contributed by atoms with Gasteiger partial charge in [-0.15, -0.1) is 0 Å². The molecule has 1 unspecified atom stereocenters. The van der Waals surface area contributed by atoms with Crippen molar-refractivity contribution in [2.75, 3.05) is 0 Å². The molecular weight excluding hydrogens is 261 g/mol. The van der Waals surface area contributed by atoms with E-state index in [0.29, 0.717) is 17.0 Å². The van der Waals surface area contributed by atoms with Crippen LogP contribution in [0, 0.1) is 5.82 Å². The van der Waals surface area contributed by atoms with Crippen molar-refractivity contribution in [1.29, 1.82) is 0 Å². The fourth-order valence-corrected chi connectivity index (χ4v) is 2.61. The van der Waals surface area contributed by atoms with Gasteiger partial charge in [0.1, 0.15) is 17.7 Å². The second-order valence-corrected chi connectivity index (χ2v) is 4.74. The molecule has 6 heteroatoms. The van der Waals surface area contributed by atoms with E-state index >= 15 is 0 Å². The van der Waals surface area contributed by atoms with Crippen molar-refractivity contribution in [2.24, 2.45) is 5.73 Å².